The summed E-state index contributed by atoms with van der Waals surface area (Å²) in [5.41, 5.74) is 5.77. The minimum Gasteiger partial charge on any atom is -0.489 e. The van der Waals surface area contributed by atoms with Crippen molar-refractivity contribution >= 4 is 34.9 Å². The van der Waals surface area contributed by atoms with Crippen molar-refractivity contribution in [3.8, 4) is 22.9 Å². The number of piperidine rings is 1. The Morgan fingerprint density at radius 1 is 1.00 bits per heavy atom. The van der Waals surface area contributed by atoms with Crippen molar-refractivity contribution < 1.29 is 23.1 Å². The van der Waals surface area contributed by atoms with Gasteiger partial charge in [0, 0.05) is 142 Å². The Bertz CT molecular complexity index is 3040. The van der Waals surface area contributed by atoms with Crippen LogP contribution in [-0.4, -0.2) is 104 Å². The second kappa shape index (κ2) is 19.3. The Morgan fingerprint density at radius 3 is 2.44 bits per heavy atom. The number of hydrogen-bond donors (Lipinski definition) is 1. The van der Waals surface area contributed by atoms with Gasteiger partial charge in [0.1, 0.15) is 23.7 Å². The minimum atomic E-state index is -2.67. The number of benzene rings is 2. The van der Waals surface area contributed by atoms with Crippen LogP contribution in [0.3, 0.4) is 0 Å². The lowest BCUT2D eigenvalue weighted by atomic mass is 9.49. The van der Waals surface area contributed by atoms with E-state index in [9.17, 15) is 23.6 Å². The van der Waals surface area contributed by atoms with Gasteiger partial charge in [-0.05, 0) is 61.1 Å². The number of nitrogens with zero attached hydrogens (tertiary/aromatic N) is 13. The Kier molecular flexibility index (Phi) is 13.1. The van der Waals surface area contributed by atoms with E-state index < -0.39 is 17.3 Å². The largest absolute Gasteiger partial charge is 0.489 e. The molecule has 1 aliphatic carbocycles. The fourth-order valence-electron chi connectivity index (χ4n) is 11.8. The van der Waals surface area contributed by atoms with Crippen LogP contribution in [0.15, 0.2) is 61.3 Å². The molecule has 6 aromatic rings. The zero-order chi connectivity index (χ0) is 50.6. The zero-order valence-electron chi connectivity index (χ0n) is 41.4. The number of carbonyl (C=O) groups excluding carboxylic acids is 2. The first kappa shape index (κ1) is 48.8. The van der Waals surface area contributed by atoms with Gasteiger partial charge in [0.25, 0.3) is 12.3 Å². The molecule has 72 heavy (non-hydrogen) atoms. The highest BCUT2D eigenvalue weighted by molar-refractivity contribution is 6.31. The van der Waals surface area contributed by atoms with Crippen molar-refractivity contribution in [2.45, 2.75) is 117 Å². The number of hydrogen-bond acceptors (Lipinski definition) is 12. The average molecular weight is 1000 g/mol. The molecule has 10 rings (SSSR count). The highest BCUT2D eigenvalue weighted by atomic mass is 35.5. The predicted molar refractivity (Wildman–Crippen MR) is 265 cm³/mol. The number of aromatic nitrogens is 9. The van der Waals surface area contributed by atoms with Crippen molar-refractivity contribution in [3.63, 3.8) is 0 Å². The van der Waals surface area contributed by atoms with Crippen molar-refractivity contribution in [3.05, 3.63) is 111 Å². The zero-order valence-corrected chi connectivity index (χ0v) is 42.2. The summed E-state index contributed by atoms with van der Waals surface area (Å²) in [7, 11) is 1.78. The highest BCUT2D eigenvalue weighted by Crippen LogP contribution is 2.56. The molecule has 2 fully saturated rings. The van der Waals surface area contributed by atoms with Crippen molar-refractivity contribution in [1.82, 2.24) is 59.6 Å². The van der Waals surface area contributed by atoms with Crippen LogP contribution in [0.25, 0.3) is 11.1 Å². The molecule has 1 N–H and O–H groups in total. The van der Waals surface area contributed by atoms with Gasteiger partial charge >= 0.3 is 0 Å². The third kappa shape index (κ3) is 9.30. The van der Waals surface area contributed by atoms with Crippen LogP contribution >= 0.6 is 11.6 Å². The van der Waals surface area contributed by atoms with Crippen molar-refractivity contribution in [1.29, 1.82) is 5.26 Å². The monoisotopic (exact) mass is 1000 g/mol. The number of aryl methyl sites for hydroxylation is 4. The molecule has 0 spiro atoms. The molecule has 4 aliphatic rings. The molecular weight excluding hydrogens is 942 g/mol. The second-order valence-electron chi connectivity index (χ2n) is 20.8. The van der Waals surface area contributed by atoms with E-state index in [1.807, 2.05) is 17.2 Å². The lowest BCUT2D eigenvalue weighted by Gasteiger charge is -2.63. The molecule has 3 aliphatic heterocycles. The quantitative estimate of drug-likeness (QED) is 0.119. The van der Waals surface area contributed by atoms with Crippen LogP contribution in [0.4, 0.5) is 20.3 Å². The molecule has 2 aromatic carbocycles. The Morgan fingerprint density at radius 2 is 1.76 bits per heavy atom. The fraction of sp³-hybridized carbons (Fsp3) is 0.481. The first-order chi connectivity index (χ1) is 34.5. The van der Waals surface area contributed by atoms with E-state index >= 15 is 0 Å². The Balaban J connectivity index is 0.748. The number of alkyl halides is 2. The smallest absolute Gasteiger partial charge is 0.264 e. The number of ether oxygens (including phenoxy) is 1. The summed E-state index contributed by atoms with van der Waals surface area (Å²) < 4.78 is 41.5. The van der Waals surface area contributed by atoms with Crippen LogP contribution < -0.4 is 15.0 Å². The van der Waals surface area contributed by atoms with Gasteiger partial charge in [0.15, 0.2) is 5.82 Å². The van der Waals surface area contributed by atoms with Gasteiger partial charge in [0.2, 0.25) is 5.91 Å². The third-order valence-electron chi connectivity index (χ3n) is 15.2. The van der Waals surface area contributed by atoms with E-state index in [0.29, 0.717) is 84.4 Å². The number of halogens is 3. The minimum absolute atomic E-state index is 0.00284. The number of nitrogens with one attached hydrogen (secondary N) is 1. The summed E-state index contributed by atoms with van der Waals surface area (Å²) in [6.07, 6.45) is 10.1. The summed E-state index contributed by atoms with van der Waals surface area (Å²) in [6, 6.07) is 10.6. The molecule has 0 unspecified atom stereocenters. The van der Waals surface area contributed by atoms with Crippen LogP contribution in [0.2, 0.25) is 5.02 Å². The maximum atomic E-state index is 14.8. The van der Waals surface area contributed by atoms with Crippen molar-refractivity contribution in [2.24, 2.45) is 17.9 Å². The summed E-state index contributed by atoms with van der Waals surface area (Å²) in [6.45, 7) is 14.3. The normalized spacial score (nSPS) is 19.6. The molecule has 0 atom stereocenters. The molecular formula is C52H59ClF2N14O3. The van der Waals surface area contributed by atoms with Gasteiger partial charge in [-0.1, -0.05) is 44.5 Å². The lowest BCUT2D eigenvalue weighted by molar-refractivity contribution is -0.164. The number of rotatable bonds is 13. The molecule has 17 nitrogen and oxygen atoms in total. The van der Waals surface area contributed by atoms with Crippen LogP contribution in [-0.2, 0) is 50.7 Å². The summed E-state index contributed by atoms with van der Waals surface area (Å²) in [4.78, 5) is 41.5. The molecule has 2 amide bonds. The summed E-state index contributed by atoms with van der Waals surface area (Å²) >= 11 is 6.26. The highest BCUT2D eigenvalue weighted by Gasteiger charge is 2.64. The van der Waals surface area contributed by atoms with E-state index in [0.717, 1.165) is 72.8 Å². The molecule has 7 heterocycles. The van der Waals surface area contributed by atoms with Crippen LogP contribution in [0.1, 0.15) is 116 Å². The molecule has 376 valence electrons. The topological polar surface area (TPSA) is 181 Å². The lowest BCUT2D eigenvalue weighted by Crippen LogP contribution is -2.74. The SMILES string of the molecule is CC(=O)N1CCc2c(c(N3CCCc4cc(-c5cnn(C)c5)c(C(F)F)cc43)nn2C2CCN(Cc3cn(CCc4ncc(C(=O)NC5C(C)(C)C(Oc6ccc(C#N)c(Cl)c6)C5(C)C)cn4)nn3)CC2)C1. The summed E-state index contributed by atoms with van der Waals surface area (Å²) in [5.74, 6) is 1.64. The fourth-order valence-corrected chi connectivity index (χ4v) is 12.0. The Hall–Kier alpha value is -6.78. The van der Waals surface area contributed by atoms with E-state index in [2.05, 4.69) is 78.9 Å². The standard InChI is InChI=1S/C52H59ClF2N14O3/c1-31(70)66-18-13-43-41(30-66)47(68-15-7-8-32-20-39(35-26-59-64(6)27-35)40(46(54)55)22-44(32)68)62-69(43)37-11-16-65(17-12-37)28-36-29-67(63-61-36)19-14-45-57-24-34(25-58-45)48(71)60-49-51(2,3)50(52(49,4)5)72-38-10-9-33(23-56)42(53)21-38/h9-10,20-22,24-27,29,37,46,49-50H,7-8,11-19,28,30H2,1-6H3,(H,60,71). The number of nitriles is 1. The van der Waals surface area contributed by atoms with Crippen LogP contribution in [0.5, 0.6) is 5.75 Å². The van der Waals surface area contributed by atoms with E-state index in [1.54, 1.807) is 72.4 Å². The maximum absolute atomic E-state index is 14.8. The van der Waals surface area contributed by atoms with Gasteiger partial charge in [-0.15, -0.1) is 5.10 Å². The maximum Gasteiger partial charge on any atom is 0.264 e. The first-order valence-electron chi connectivity index (χ1n) is 24.6. The number of fused-ring (bicyclic) bond motifs is 2. The number of likely N-dealkylation sites (tertiary alicyclic amines) is 1. The molecule has 1 saturated heterocycles. The Labute approximate surface area is 422 Å². The molecule has 20 heteroatoms. The molecule has 0 radical (unpaired) electrons. The van der Waals surface area contributed by atoms with Gasteiger partial charge in [-0.3, -0.25) is 28.5 Å². The molecule has 4 aromatic heterocycles. The van der Waals surface area contributed by atoms with Gasteiger partial charge in [-0.25, -0.2) is 18.7 Å². The van der Waals surface area contributed by atoms with E-state index in [-0.39, 0.29) is 35.6 Å². The average Bonchev–Trinajstić information content (AvgIpc) is 4.12. The van der Waals surface area contributed by atoms with Gasteiger partial charge < -0.3 is 19.9 Å². The number of anilines is 2. The van der Waals surface area contributed by atoms with Gasteiger partial charge in [-0.2, -0.15) is 15.5 Å². The van der Waals surface area contributed by atoms with E-state index in [4.69, 9.17) is 21.4 Å². The van der Waals surface area contributed by atoms with Crippen LogP contribution in [0, 0.1) is 22.2 Å². The third-order valence-corrected chi connectivity index (χ3v) is 15.5. The number of carbonyl (C=O) groups is 2. The second-order valence-corrected chi connectivity index (χ2v) is 21.2. The van der Waals surface area contributed by atoms with E-state index in [1.165, 1.54) is 0 Å². The van der Waals surface area contributed by atoms with Gasteiger partial charge in [0.05, 0.1) is 40.6 Å². The van der Waals surface area contributed by atoms with Crippen molar-refractivity contribution in [2.75, 3.05) is 31.1 Å². The molecule has 1 saturated carbocycles. The molecule has 0 bridgehead atoms. The number of amides is 2. The predicted octanol–water partition coefficient (Wildman–Crippen LogP) is 7.81. The summed E-state index contributed by atoms with van der Waals surface area (Å²) in [5, 5.41) is 31.2. The first-order valence-corrected chi connectivity index (χ1v) is 25.0.